The van der Waals surface area contributed by atoms with Crippen LogP contribution in [-0.4, -0.2) is 42.0 Å². The highest BCUT2D eigenvalue weighted by molar-refractivity contribution is 5.23. The lowest BCUT2D eigenvalue weighted by molar-refractivity contribution is 0.128. The van der Waals surface area contributed by atoms with Gasteiger partial charge in [-0.15, -0.1) is 0 Å². The molecule has 0 aromatic heterocycles. The summed E-state index contributed by atoms with van der Waals surface area (Å²) in [6, 6.07) is 9.83. The minimum absolute atomic E-state index is 0.662. The van der Waals surface area contributed by atoms with Crippen molar-refractivity contribution in [1.29, 1.82) is 0 Å². The van der Waals surface area contributed by atoms with Gasteiger partial charge in [0.1, 0.15) is 0 Å². The van der Waals surface area contributed by atoms with Crippen LogP contribution in [0.25, 0.3) is 0 Å². The summed E-state index contributed by atoms with van der Waals surface area (Å²) in [5.41, 5.74) is 4.19. The lowest BCUT2D eigenvalue weighted by atomic mass is 10.00. The first kappa shape index (κ1) is 18.1. The first-order chi connectivity index (χ1) is 11.0. The van der Waals surface area contributed by atoms with E-state index in [0.29, 0.717) is 6.04 Å². The van der Waals surface area contributed by atoms with Crippen LogP contribution < -0.4 is 0 Å². The van der Waals surface area contributed by atoms with E-state index in [0.717, 1.165) is 31.8 Å². The molecular weight excluding hydrogens is 280 g/mol. The first-order valence-electron chi connectivity index (χ1n) is 9.20. The van der Waals surface area contributed by atoms with Gasteiger partial charge in [0.25, 0.3) is 0 Å². The van der Waals surface area contributed by atoms with E-state index in [1.54, 1.807) is 0 Å². The van der Waals surface area contributed by atoms with Gasteiger partial charge in [-0.05, 0) is 50.2 Å². The van der Waals surface area contributed by atoms with E-state index in [1.807, 2.05) is 0 Å². The average molecular weight is 315 g/mol. The van der Waals surface area contributed by atoms with E-state index in [-0.39, 0.29) is 0 Å². The fourth-order valence-corrected chi connectivity index (χ4v) is 3.31. The molecule has 1 saturated heterocycles. The summed E-state index contributed by atoms with van der Waals surface area (Å²) in [7, 11) is 0. The van der Waals surface area contributed by atoms with Gasteiger partial charge in [-0.25, -0.2) is 0 Å². The Morgan fingerprint density at radius 3 is 2.04 bits per heavy atom. The Hall–Kier alpha value is -1.28. The van der Waals surface area contributed by atoms with Gasteiger partial charge in [-0.1, -0.05) is 44.7 Å². The van der Waals surface area contributed by atoms with Crippen molar-refractivity contribution < 1.29 is 0 Å². The van der Waals surface area contributed by atoms with Gasteiger partial charge in [0.05, 0.1) is 0 Å². The summed E-state index contributed by atoms with van der Waals surface area (Å²) in [5, 5.41) is 0. The van der Waals surface area contributed by atoms with Crippen LogP contribution >= 0.6 is 0 Å². The summed E-state index contributed by atoms with van der Waals surface area (Å²) in [6.07, 6.45) is 3.35. The van der Waals surface area contributed by atoms with Gasteiger partial charge >= 0.3 is 0 Å². The molecule has 1 aromatic carbocycles. The Balaban J connectivity index is 1.76. The maximum atomic E-state index is 4.33. The summed E-state index contributed by atoms with van der Waals surface area (Å²) < 4.78 is 0. The smallest absolute Gasteiger partial charge is 0.0303 e. The fourth-order valence-electron chi connectivity index (χ4n) is 3.31. The molecule has 2 heteroatoms. The molecule has 1 fully saturated rings. The second kappa shape index (κ2) is 8.54. The molecule has 23 heavy (non-hydrogen) atoms. The molecule has 2 rings (SSSR count). The Bertz CT molecular complexity index is 479. The van der Waals surface area contributed by atoms with Crippen LogP contribution in [0.3, 0.4) is 0 Å². The molecule has 2 nitrogen and oxygen atoms in total. The third kappa shape index (κ3) is 5.69. The summed E-state index contributed by atoms with van der Waals surface area (Å²) in [4.78, 5) is 5.03. The zero-order chi connectivity index (χ0) is 16.8. The molecule has 1 heterocycles. The number of allylic oxidation sites excluding steroid dienone is 1. The summed E-state index contributed by atoms with van der Waals surface area (Å²) in [6.45, 7) is 18.0. The molecule has 1 aromatic rings. The van der Waals surface area contributed by atoms with Gasteiger partial charge in [-0.2, -0.15) is 0 Å². The lowest BCUT2D eigenvalue weighted by Gasteiger charge is -2.39. The SMILES string of the molecule is C=C(CCc1ccc(CC(C)C)cc1)N1CCN(C(C)C)CC1. The van der Waals surface area contributed by atoms with Crippen LogP contribution in [0.15, 0.2) is 36.5 Å². The number of benzene rings is 1. The van der Waals surface area contributed by atoms with Gasteiger partial charge in [-0.3, -0.25) is 4.90 Å². The quantitative estimate of drug-likeness (QED) is 0.738. The molecular formula is C21H34N2. The van der Waals surface area contributed by atoms with Crippen molar-refractivity contribution in [2.24, 2.45) is 5.92 Å². The molecule has 0 saturated carbocycles. The van der Waals surface area contributed by atoms with Crippen molar-refractivity contribution >= 4 is 0 Å². The van der Waals surface area contributed by atoms with Gasteiger partial charge in [0, 0.05) is 37.9 Å². The van der Waals surface area contributed by atoms with Crippen molar-refractivity contribution in [3.05, 3.63) is 47.7 Å². The molecule has 1 aliphatic heterocycles. The van der Waals surface area contributed by atoms with Crippen LogP contribution in [0.5, 0.6) is 0 Å². The van der Waals surface area contributed by atoms with E-state index < -0.39 is 0 Å². The van der Waals surface area contributed by atoms with E-state index in [9.17, 15) is 0 Å². The topological polar surface area (TPSA) is 6.48 Å². The number of nitrogens with zero attached hydrogens (tertiary/aromatic N) is 2. The molecule has 0 spiro atoms. The maximum absolute atomic E-state index is 4.33. The summed E-state index contributed by atoms with van der Waals surface area (Å²) in [5.74, 6) is 0.727. The monoisotopic (exact) mass is 314 g/mol. The lowest BCUT2D eigenvalue weighted by Crippen LogP contribution is -2.48. The molecule has 1 aliphatic rings. The zero-order valence-electron chi connectivity index (χ0n) is 15.5. The van der Waals surface area contributed by atoms with E-state index in [4.69, 9.17) is 0 Å². The highest BCUT2D eigenvalue weighted by atomic mass is 15.3. The number of piperazine rings is 1. The van der Waals surface area contributed by atoms with E-state index in [2.05, 4.69) is 68.3 Å². The second-order valence-electron chi connectivity index (χ2n) is 7.60. The zero-order valence-corrected chi connectivity index (χ0v) is 15.5. The van der Waals surface area contributed by atoms with Crippen LogP contribution in [0.2, 0.25) is 0 Å². The van der Waals surface area contributed by atoms with Crippen LogP contribution in [-0.2, 0) is 12.8 Å². The Morgan fingerprint density at radius 1 is 0.957 bits per heavy atom. The minimum atomic E-state index is 0.662. The van der Waals surface area contributed by atoms with Crippen LogP contribution in [0, 0.1) is 5.92 Å². The molecule has 0 bridgehead atoms. The highest BCUT2D eigenvalue weighted by Crippen LogP contribution is 2.16. The number of hydrogen-bond donors (Lipinski definition) is 0. The highest BCUT2D eigenvalue weighted by Gasteiger charge is 2.19. The third-order valence-corrected chi connectivity index (χ3v) is 4.86. The standard InChI is InChI=1S/C21H34N2/c1-17(2)16-21-10-8-20(9-11-21)7-6-19(5)23-14-12-22(13-15-23)18(3)4/h8-11,17-18H,5-7,12-16H2,1-4H3. The van der Waals surface area contributed by atoms with Gasteiger partial charge in [0.15, 0.2) is 0 Å². The fraction of sp³-hybridized carbons (Fsp3) is 0.619. The Kier molecular flexibility index (Phi) is 6.71. The van der Waals surface area contributed by atoms with Gasteiger partial charge < -0.3 is 4.90 Å². The van der Waals surface area contributed by atoms with Crippen molar-refractivity contribution in [3.63, 3.8) is 0 Å². The van der Waals surface area contributed by atoms with E-state index in [1.165, 1.54) is 36.3 Å². The predicted molar refractivity (Wildman–Crippen MR) is 101 cm³/mol. The normalized spacial score (nSPS) is 16.3. The number of aryl methyl sites for hydroxylation is 1. The second-order valence-corrected chi connectivity index (χ2v) is 7.60. The van der Waals surface area contributed by atoms with Crippen LogP contribution in [0.1, 0.15) is 45.2 Å². The van der Waals surface area contributed by atoms with Gasteiger partial charge in [0.2, 0.25) is 0 Å². The Morgan fingerprint density at radius 2 is 1.52 bits per heavy atom. The van der Waals surface area contributed by atoms with Crippen molar-refractivity contribution in [2.75, 3.05) is 26.2 Å². The molecule has 0 radical (unpaired) electrons. The minimum Gasteiger partial charge on any atom is -0.373 e. The maximum Gasteiger partial charge on any atom is 0.0303 e. The number of rotatable bonds is 7. The van der Waals surface area contributed by atoms with E-state index >= 15 is 0 Å². The predicted octanol–water partition coefficient (Wildman–Crippen LogP) is 4.36. The average Bonchev–Trinajstić information content (AvgIpc) is 2.53. The van der Waals surface area contributed by atoms with Crippen molar-refractivity contribution in [2.45, 2.75) is 53.0 Å². The molecule has 0 unspecified atom stereocenters. The molecule has 0 aliphatic carbocycles. The molecule has 0 amide bonds. The van der Waals surface area contributed by atoms with Crippen LogP contribution in [0.4, 0.5) is 0 Å². The first-order valence-corrected chi connectivity index (χ1v) is 9.20. The summed E-state index contributed by atoms with van der Waals surface area (Å²) >= 11 is 0. The number of hydrogen-bond acceptors (Lipinski definition) is 2. The van der Waals surface area contributed by atoms with Crippen molar-refractivity contribution in [1.82, 2.24) is 9.80 Å². The molecule has 128 valence electrons. The molecule has 0 atom stereocenters. The largest absolute Gasteiger partial charge is 0.373 e. The molecule has 0 N–H and O–H groups in total. The Labute approximate surface area is 143 Å². The third-order valence-electron chi connectivity index (χ3n) is 4.86. The van der Waals surface area contributed by atoms with Crippen molar-refractivity contribution in [3.8, 4) is 0 Å².